The topological polar surface area (TPSA) is 114 Å². The van der Waals surface area contributed by atoms with Gasteiger partial charge in [-0.3, -0.25) is 9.59 Å². The molecule has 0 spiro atoms. The van der Waals surface area contributed by atoms with Crippen LogP contribution in [0, 0.1) is 5.41 Å². The van der Waals surface area contributed by atoms with Crippen LogP contribution in [0.2, 0.25) is 0 Å². The smallest absolute Gasteiger partial charge is 0.407 e. The van der Waals surface area contributed by atoms with Crippen LogP contribution in [0.3, 0.4) is 0 Å². The molecular weight excluding hydrogens is 448 g/mol. The van der Waals surface area contributed by atoms with Crippen LogP contribution in [0.5, 0.6) is 0 Å². The van der Waals surface area contributed by atoms with Crippen molar-refractivity contribution in [3.8, 4) is 11.1 Å². The zero-order valence-electron chi connectivity index (χ0n) is 20.5. The number of carboxylic acid groups (broad SMARTS) is 1. The van der Waals surface area contributed by atoms with Crippen molar-refractivity contribution in [2.45, 2.75) is 45.6 Å². The second-order valence-corrected chi connectivity index (χ2v) is 9.27. The Morgan fingerprint density at radius 1 is 1.00 bits per heavy atom. The number of carbonyl (C=O) groups excluding carboxylic acids is 2. The molecule has 0 fully saturated rings. The van der Waals surface area contributed by atoms with Gasteiger partial charge in [-0.1, -0.05) is 62.4 Å². The Morgan fingerprint density at radius 2 is 1.60 bits per heavy atom. The predicted molar refractivity (Wildman–Crippen MR) is 132 cm³/mol. The molecule has 3 rings (SSSR count). The first-order valence-electron chi connectivity index (χ1n) is 11.9. The minimum absolute atomic E-state index is 0.0144. The number of hydrogen-bond donors (Lipinski definition) is 3. The zero-order chi connectivity index (χ0) is 25.4. The molecule has 1 atom stereocenters. The van der Waals surface area contributed by atoms with Crippen LogP contribution in [0.25, 0.3) is 11.1 Å². The summed E-state index contributed by atoms with van der Waals surface area (Å²) in [5.41, 5.74) is 3.86. The number of hydrogen-bond acceptors (Lipinski definition) is 5. The lowest BCUT2D eigenvalue weighted by molar-refractivity contribution is -0.141. The molecule has 2 amide bonds. The number of carbonyl (C=O) groups is 3. The van der Waals surface area contributed by atoms with E-state index in [1.54, 1.807) is 20.8 Å². The maximum atomic E-state index is 12.6. The lowest BCUT2D eigenvalue weighted by Crippen LogP contribution is -2.43. The number of carboxylic acids is 1. The maximum absolute atomic E-state index is 12.6. The van der Waals surface area contributed by atoms with Crippen molar-refractivity contribution in [3.05, 3.63) is 59.7 Å². The molecular formula is C27H34N2O6. The van der Waals surface area contributed by atoms with Gasteiger partial charge in [0.05, 0.1) is 12.5 Å². The van der Waals surface area contributed by atoms with Crippen LogP contribution < -0.4 is 10.6 Å². The standard InChI is InChI=1S/C27H34N2O6/c1-4-34-18(15-24(30)31)16-29-25(32)27(2,3)13-14-28-26(33)35-17-23-21-11-7-5-9-19(21)20-10-6-8-12-22(20)23/h5-12,18,23H,4,13-17H2,1-3H3,(H,28,33)(H,29,32)(H,30,31). The van der Waals surface area contributed by atoms with Crippen molar-refractivity contribution in [1.82, 2.24) is 10.6 Å². The highest BCUT2D eigenvalue weighted by Gasteiger charge is 2.30. The average Bonchev–Trinajstić information content (AvgIpc) is 3.14. The van der Waals surface area contributed by atoms with Gasteiger partial charge in [-0.15, -0.1) is 0 Å². The molecule has 1 aliphatic rings. The monoisotopic (exact) mass is 482 g/mol. The van der Waals surface area contributed by atoms with Crippen LogP contribution in [-0.2, 0) is 19.1 Å². The number of fused-ring (bicyclic) bond motifs is 3. The number of benzene rings is 2. The number of ether oxygens (including phenoxy) is 2. The van der Waals surface area contributed by atoms with Gasteiger partial charge in [-0.25, -0.2) is 4.79 Å². The average molecular weight is 483 g/mol. The van der Waals surface area contributed by atoms with Crippen molar-refractivity contribution in [2.75, 3.05) is 26.3 Å². The highest BCUT2D eigenvalue weighted by molar-refractivity contribution is 5.82. The molecule has 2 aromatic carbocycles. The second kappa shape index (κ2) is 11.8. The van der Waals surface area contributed by atoms with Crippen LogP contribution in [0.15, 0.2) is 48.5 Å². The number of nitrogens with one attached hydrogen (secondary N) is 2. The number of rotatable bonds is 12. The van der Waals surface area contributed by atoms with Gasteiger partial charge < -0.3 is 25.2 Å². The van der Waals surface area contributed by atoms with Crippen molar-refractivity contribution in [2.24, 2.45) is 5.41 Å². The summed E-state index contributed by atoms with van der Waals surface area (Å²) in [6.45, 7) is 6.29. The van der Waals surface area contributed by atoms with Crippen LogP contribution in [0.4, 0.5) is 4.79 Å². The Labute approximate surface area is 206 Å². The Bertz CT molecular complexity index is 1010. The molecule has 1 aliphatic carbocycles. The van der Waals surface area contributed by atoms with Gasteiger partial charge in [0.25, 0.3) is 0 Å². The molecule has 0 aromatic heterocycles. The third kappa shape index (κ3) is 6.82. The molecule has 8 nitrogen and oxygen atoms in total. The van der Waals surface area contributed by atoms with E-state index in [2.05, 4.69) is 34.9 Å². The Kier molecular flexibility index (Phi) is 8.87. The Morgan fingerprint density at radius 3 is 2.17 bits per heavy atom. The fraction of sp³-hybridized carbons (Fsp3) is 0.444. The van der Waals surface area contributed by atoms with E-state index < -0.39 is 23.6 Å². The molecule has 0 saturated carbocycles. The maximum Gasteiger partial charge on any atom is 0.407 e. The van der Waals surface area contributed by atoms with E-state index >= 15 is 0 Å². The SMILES string of the molecule is CCOC(CNC(=O)C(C)(C)CCNC(=O)OCC1c2ccccc2-c2ccccc21)CC(=O)O. The lowest BCUT2D eigenvalue weighted by Gasteiger charge is -2.25. The summed E-state index contributed by atoms with van der Waals surface area (Å²) in [4.78, 5) is 35.9. The summed E-state index contributed by atoms with van der Waals surface area (Å²) in [5.74, 6) is -1.23. The highest BCUT2D eigenvalue weighted by atomic mass is 16.5. The van der Waals surface area contributed by atoms with E-state index in [9.17, 15) is 14.4 Å². The van der Waals surface area contributed by atoms with Gasteiger partial charge >= 0.3 is 12.1 Å². The summed E-state index contributed by atoms with van der Waals surface area (Å²) in [6, 6.07) is 16.3. The van der Waals surface area contributed by atoms with E-state index in [-0.39, 0.29) is 37.9 Å². The van der Waals surface area contributed by atoms with Crippen molar-refractivity contribution >= 4 is 18.0 Å². The lowest BCUT2D eigenvalue weighted by atomic mass is 9.88. The molecule has 8 heteroatoms. The molecule has 0 bridgehead atoms. The first kappa shape index (κ1) is 26.2. The molecule has 3 N–H and O–H groups in total. The molecule has 35 heavy (non-hydrogen) atoms. The Balaban J connectivity index is 1.45. The molecule has 1 unspecified atom stereocenters. The quantitative estimate of drug-likeness (QED) is 0.422. The molecule has 0 radical (unpaired) electrons. The van der Waals surface area contributed by atoms with E-state index in [1.165, 1.54) is 11.1 Å². The number of aliphatic carboxylic acids is 1. The van der Waals surface area contributed by atoms with Gasteiger partial charge in [0, 0.05) is 31.0 Å². The van der Waals surface area contributed by atoms with Crippen molar-refractivity contribution in [3.63, 3.8) is 0 Å². The van der Waals surface area contributed by atoms with E-state index in [0.717, 1.165) is 11.1 Å². The fourth-order valence-corrected chi connectivity index (χ4v) is 4.31. The summed E-state index contributed by atoms with van der Waals surface area (Å²) < 4.78 is 10.9. The first-order valence-corrected chi connectivity index (χ1v) is 11.9. The second-order valence-electron chi connectivity index (χ2n) is 9.27. The van der Waals surface area contributed by atoms with Gasteiger partial charge in [-0.2, -0.15) is 0 Å². The normalized spacial score (nSPS) is 13.5. The van der Waals surface area contributed by atoms with Crippen molar-refractivity contribution < 1.29 is 29.0 Å². The largest absolute Gasteiger partial charge is 0.481 e. The summed E-state index contributed by atoms with van der Waals surface area (Å²) in [7, 11) is 0. The Hall–Kier alpha value is -3.39. The number of alkyl carbamates (subject to hydrolysis) is 1. The van der Waals surface area contributed by atoms with Crippen molar-refractivity contribution in [1.29, 1.82) is 0 Å². The molecule has 0 aliphatic heterocycles. The fourth-order valence-electron chi connectivity index (χ4n) is 4.31. The van der Waals surface area contributed by atoms with Crippen LogP contribution in [0.1, 0.15) is 50.7 Å². The minimum atomic E-state index is -0.982. The summed E-state index contributed by atoms with van der Waals surface area (Å²) in [5, 5.41) is 14.5. The summed E-state index contributed by atoms with van der Waals surface area (Å²) >= 11 is 0. The van der Waals surface area contributed by atoms with E-state index in [1.807, 2.05) is 24.3 Å². The first-order chi connectivity index (χ1) is 16.7. The third-order valence-electron chi connectivity index (χ3n) is 6.27. The molecule has 2 aromatic rings. The van der Waals surface area contributed by atoms with Crippen LogP contribution in [-0.4, -0.2) is 55.5 Å². The highest BCUT2D eigenvalue weighted by Crippen LogP contribution is 2.44. The van der Waals surface area contributed by atoms with E-state index in [4.69, 9.17) is 14.6 Å². The van der Waals surface area contributed by atoms with Gasteiger partial charge in [0.1, 0.15) is 6.61 Å². The summed E-state index contributed by atoms with van der Waals surface area (Å²) in [6.07, 6.45) is -0.906. The third-order valence-corrected chi connectivity index (χ3v) is 6.27. The van der Waals surface area contributed by atoms with Gasteiger partial charge in [0.2, 0.25) is 5.91 Å². The predicted octanol–water partition coefficient (Wildman–Crippen LogP) is 3.94. The minimum Gasteiger partial charge on any atom is -0.481 e. The van der Waals surface area contributed by atoms with Crippen LogP contribution >= 0.6 is 0 Å². The van der Waals surface area contributed by atoms with E-state index in [0.29, 0.717) is 13.0 Å². The van der Waals surface area contributed by atoms with Gasteiger partial charge in [-0.05, 0) is 35.6 Å². The number of amides is 2. The molecule has 0 heterocycles. The molecule has 0 saturated heterocycles. The molecule has 188 valence electrons. The van der Waals surface area contributed by atoms with Gasteiger partial charge in [0.15, 0.2) is 0 Å². The zero-order valence-corrected chi connectivity index (χ0v) is 20.5.